The van der Waals surface area contributed by atoms with E-state index in [-0.39, 0.29) is 17.4 Å². The van der Waals surface area contributed by atoms with E-state index >= 15 is 0 Å². The second-order valence-corrected chi connectivity index (χ2v) is 4.66. The van der Waals surface area contributed by atoms with Crippen LogP contribution in [0.25, 0.3) is 0 Å². The number of hydrogen-bond donors (Lipinski definition) is 1. The van der Waals surface area contributed by atoms with Crippen molar-refractivity contribution in [3.63, 3.8) is 0 Å². The molecule has 0 aliphatic heterocycles. The SMILES string of the molecule is CCC(C)(C)NC(C)c1cccc(F)c1. The molecular weight excluding hydrogens is 189 g/mol. The predicted molar refractivity (Wildman–Crippen MR) is 62.3 cm³/mol. The first-order valence-electron chi connectivity index (χ1n) is 5.48. The molecule has 1 aromatic rings. The number of benzene rings is 1. The minimum absolute atomic E-state index is 0.0890. The lowest BCUT2D eigenvalue weighted by atomic mass is 9.98. The van der Waals surface area contributed by atoms with Crippen LogP contribution in [-0.4, -0.2) is 5.54 Å². The van der Waals surface area contributed by atoms with E-state index in [1.165, 1.54) is 6.07 Å². The first-order chi connectivity index (χ1) is 6.94. The number of hydrogen-bond acceptors (Lipinski definition) is 1. The van der Waals surface area contributed by atoms with Crippen LogP contribution in [0.1, 0.15) is 45.7 Å². The summed E-state index contributed by atoms with van der Waals surface area (Å²) in [7, 11) is 0. The third-order valence-electron chi connectivity index (χ3n) is 2.84. The van der Waals surface area contributed by atoms with Crippen molar-refractivity contribution >= 4 is 0 Å². The monoisotopic (exact) mass is 209 g/mol. The highest BCUT2D eigenvalue weighted by molar-refractivity contribution is 5.19. The fourth-order valence-electron chi connectivity index (χ4n) is 1.55. The predicted octanol–water partition coefficient (Wildman–Crippen LogP) is 3.66. The summed E-state index contributed by atoms with van der Waals surface area (Å²) in [4.78, 5) is 0. The Bertz CT molecular complexity index is 320. The topological polar surface area (TPSA) is 12.0 Å². The maximum atomic E-state index is 13.0. The van der Waals surface area contributed by atoms with E-state index in [2.05, 4.69) is 33.0 Å². The molecule has 1 rings (SSSR count). The third kappa shape index (κ3) is 3.63. The molecule has 1 unspecified atom stereocenters. The smallest absolute Gasteiger partial charge is 0.123 e. The van der Waals surface area contributed by atoms with Crippen molar-refractivity contribution in [1.82, 2.24) is 5.32 Å². The van der Waals surface area contributed by atoms with Crippen LogP contribution in [0.3, 0.4) is 0 Å². The highest BCUT2D eigenvalue weighted by Crippen LogP contribution is 2.18. The zero-order chi connectivity index (χ0) is 11.5. The van der Waals surface area contributed by atoms with E-state index in [1.54, 1.807) is 12.1 Å². The Labute approximate surface area is 91.7 Å². The first kappa shape index (κ1) is 12.2. The molecule has 1 N–H and O–H groups in total. The molecule has 0 amide bonds. The van der Waals surface area contributed by atoms with Crippen molar-refractivity contribution in [2.75, 3.05) is 0 Å². The van der Waals surface area contributed by atoms with Crippen LogP contribution in [0.2, 0.25) is 0 Å². The molecule has 0 fully saturated rings. The van der Waals surface area contributed by atoms with Gasteiger partial charge >= 0.3 is 0 Å². The average molecular weight is 209 g/mol. The Morgan fingerprint density at radius 3 is 2.60 bits per heavy atom. The Kier molecular flexibility index (Phi) is 3.86. The van der Waals surface area contributed by atoms with E-state index in [9.17, 15) is 4.39 Å². The van der Waals surface area contributed by atoms with Crippen molar-refractivity contribution in [3.8, 4) is 0 Å². The Morgan fingerprint density at radius 1 is 1.40 bits per heavy atom. The zero-order valence-corrected chi connectivity index (χ0v) is 9.97. The summed E-state index contributed by atoms with van der Waals surface area (Å²) in [6.45, 7) is 8.52. The lowest BCUT2D eigenvalue weighted by molar-refractivity contribution is 0.337. The molecule has 2 heteroatoms. The maximum absolute atomic E-state index is 13.0. The van der Waals surface area contributed by atoms with Gasteiger partial charge in [-0.2, -0.15) is 0 Å². The summed E-state index contributed by atoms with van der Waals surface area (Å²) < 4.78 is 13.0. The molecule has 1 nitrogen and oxygen atoms in total. The molecule has 0 aromatic heterocycles. The molecule has 0 radical (unpaired) electrons. The van der Waals surface area contributed by atoms with Crippen molar-refractivity contribution < 1.29 is 4.39 Å². The third-order valence-corrected chi connectivity index (χ3v) is 2.84. The second-order valence-electron chi connectivity index (χ2n) is 4.66. The molecule has 0 bridgehead atoms. The molecule has 0 saturated heterocycles. The van der Waals surface area contributed by atoms with Gasteiger partial charge in [-0.25, -0.2) is 4.39 Å². The number of nitrogens with one attached hydrogen (secondary N) is 1. The van der Waals surface area contributed by atoms with Crippen LogP contribution in [0.4, 0.5) is 4.39 Å². The summed E-state index contributed by atoms with van der Waals surface area (Å²) in [6.07, 6.45) is 1.05. The van der Waals surface area contributed by atoms with E-state index in [0.717, 1.165) is 12.0 Å². The van der Waals surface area contributed by atoms with Crippen LogP contribution in [-0.2, 0) is 0 Å². The maximum Gasteiger partial charge on any atom is 0.123 e. The van der Waals surface area contributed by atoms with Gasteiger partial charge in [0.25, 0.3) is 0 Å². The molecule has 0 aliphatic rings. The fraction of sp³-hybridized carbons (Fsp3) is 0.538. The van der Waals surface area contributed by atoms with Gasteiger partial charge in [-0.1, -0.05) is 19.1 Å². The molecule has 0 spiro atoms. The number of rotatable bonds is 4. The van der Waals surface area contributed by atoms with Crippen LogP contribution in [0, 0.1) is 5.82 Å². The standard InChI is InChI=1S/C13H20FN/c1-5-13(3,4)15-10(2)11-7-6-8-12(14)9-11/h6-10,15H,5H2,1-4H3. The molecule has 1 aromatic carbocycles. The Morgan fingerprint density at radius 2 is 2.07 bits per heavy atom. The van der Waals surface area contributed by atoms with E-state index in [0.29, 0.717) is 0 Å². The average Bonchev–Trinajstić information content (AvgIpc) is 2.17. The quantitative estimate of drug-likeness (QED) is 0.798. The minimum Gasteiger partial charge on any atom is -0.305 e. The van der Waals surface area contributed by atoms with Gasteiger partial charge in [-0.15, -0.1) is 0 Å². The van der Waals surface area contributed by atoms with Gasteiger partial charge in [0.05, 0.1) is 0 Å². The van der Waals surface area contributed by atoms with Crippen LogP contribution >= 0.6 is 0 Å². The summed E-state index contributed by atoms with van der Waals surface area (Å²) in [5.41, 5.74) is 1.09. The summed E-state index contributed by atoms with van der Waals surface area (Å²) in [5.74, 6) is -0.171. The minimum atomic E-state index is -0.171. The van der Waals surface area contributed by atoms with Gasteiger partial charge < -0.3 is 5.32 Å². The molecule has 15 heavy (non-hydrogen) atoms. The fourth-order valence-corrected chi connectivity index (χ4v) is 1.55. The molecule has 0 aliphatic carbocycles. The lowest BCUT2D eigenvalue weighted by Crippen LogP contribution is -2.40. The van der Waals surface area contributed by atoms with Crippen molar-refractivity contribution in [3.05, 3.63) is 35.6 Å². The Balaban J connectivity index is 2.73. The summed E-state index contributed by atoms with van der Waals surface area (Å²) in [6, 6.07) is 6.94. The largest absolute Gasteiger partial charge is 0.305 e. The second kappa shape index (κ2) is 4.75. The van der Waals surface area contributed by atoms with Crippen molar-refractivity contribution in [1.29, 1.82) is 0 Å². The highest BCUT2D eigenvalue weighted by atomic mass is 19.1. The van der Waals surface area contributed by atoms with Crippen LogP contribution in [0.15, 0.2) is 24.3 Å². The van der Waals surface area contributed by atoms with E-state index < -0.39 is 0 Å². The van der Waals surface area contributed by atoms with Gasteiger partial charge in [0.2, 0.25) is 0 Å². The molecule has 0 heterocycles. The van der Waals surface area contributed by atoms with Crippen molar-refractivity contribution in [2.24, 2.45) is 0 Å². The number of halogens is 1. The molecule has 84 valence electrons. The van der Waals surface area contributed by atoms with E-state index in [4.69, 9.17) is 0 Å². The van der Waals surface area contributed by atoms with Gasteiger partial charge in [-0.3, -0.25) is 0 Å². The Hall–Kier alpha value is -0.890. The molecular formula is C13H20FN. The first-order valence-corrected chi connectivity index (χ1v) is 5.48. The van der Waals surface area contributed by atoms with Crippen LogP contribution < -0.4 is 5.32 Å². The summed E-state index contributed by atoms with van der Waals surface area (Å²) in [5, 5.41) is 3.48. The van der Waals surface area contributed by atoms with Gasteiger partial charge in [-0.05, 0) is 44.9 Å². The van der Waals surface area contributed by atoms with E-state index in [1.807, 2.05) is 6.07 Å². The van der Waals surface area contributed by atoms with Crippen molar-refractivity contribution in [2.45, 2.75) is 45.7 Å². The summed E-state index contributed by atoms with van der Waals surface area (Å²) >= 11 is 0. The van der Waals surface area contributed by atoms with Crippen LogP contribution in [0.5, 0.6) is 0 Å². The van der Waals surface area contributed by atoms with Gasteiger partial charge in [0.1, 0.15) is 5.82 Å². The lowest BCUT2D eigenvalue weighted by Gasteiger charge is -2.29. The molecule has 1 atom stereocenters. The molecule has 0 saturated carbocycles. The van der Waals surface area contributed by atoms with Gasteiger partial charge in [0.15, 0.2) is 0 Å². The zero-order valence-electron chi connectivity index (χ0n) is 9.97. The highest BCUT2D eigenvalue weighted by Gasteiger charge is 2.18. The van der Waals surface area contributed by atoms with Gasteiger partial charge in [0, 0.05) is 11.6 Å². The normalized spacial score (nSPS) is 13.9.